The fourth-order valence-corrected chi connectivity index (χ4v) is 1.83. The standard InChI is InChI=1S/C16H17FN2O2/c1-21-15-5-3-2-4-14(15)18-11-16(20)19-10-12-6-8-13(17)9-7-12/h2-9,18H,10-11H2,1H3,(H,19,20). The predicted molar refractivity (Wildman–Crippen MR) is 79.7 cm³/mol. The maximum absolute atomic E-state index is 12.8. The van der Waals surface area contributed by atoms with Gasteiger partial charge in [-0.2, -0.15) is 0 Å². The quantitative estimate of drug-likeness (QED) is 0.859. The molecule has 0 atom stereocenters. The number of amides is 1. The summed E-state index contributed by atoms with van der Waals surface area (Å²) in [5.74, 6) is 0.247. The first-order chi connectivity index (χ1) is 10.2. The number of anilines is 1. The highest BCUT2D eigenvalue weighted by Crippen LogP contribution is 2.22. The molecule has 0 unspecified atom stereocenters. The van der Waals surface area contributed by atoms with Gasteiger partial charge in [0.2, 0.25) is 5.91 Å². The number of benzene rings is 2. The lowest BCUT2D eigenvalue weighted by Crippen LogP contribution is -2.29. The van der Waals surface area contributed by atoms with Crippen molar-refractivity contribution in [3.63, 3.8) is 0 Å². The molecule has 0 fully saturated rings. The van der Waals surface area contributed by atoms with Crippen molar-refractivity contribution in [1.29, 1.82) is 0 Å². The molecule has 2 N–H and O–H groups in total. The molecule has 0 saturated heterocycles. The number of carbonyl (C=O) groups is 1. The summed E-state index contributed by atoms with van der Waals surface area (Å²) in [5, 5.41) is 5.77. The summed E-state index contributed by atoms with van der Waals surface area (Å²) in [7, 11) is 1.58. The molecule has 0 saturated carbocycles. The SMILES string of the molecule is COc1ccccc1NCC(=O)NCc1ccc(F)cc1. The van der Waals surface area contributed by atoms with Gasteiger partial charge in [-0.1, -0.05) is 24.3 Å². The van der Waals surface area contributed by atoms with Crippen molar-refractivity contribution in [1.82, 2.24) is 5.32 Å². The minimum Gasteiger partial charge on any atom is -0.495 e. The van der Waals surface area contributed by atoms with Crippen molar-refractivity contribution in [3.05, 3.63) is 59.9 Å². The molecule has 4 nitrogen and oxygen atoms in total. The van der Waals surface area contributed by atoms with Gasteiger partial charge in [-0.3, -0.25) is 4.79 Å². The van der Waals surface area contributed by atoms with Crippen LogP contribution in [0, 0.1) is 5.82 Å². The van der Waals surface area contributed by atoms with Crippen LogP contribution in [-0.2, 0) is 11.3 Å². The van der Waals surface area contributed by atoms with Crippen molar-refractivity contribution < 1.29 is 13.9 Å². The predicted octanol–water partition coefficient (Wildman–Crippen LogP) is 2.56. The molecular weight excluding hydrogens is 271 g/mol. The smallest absolute Gasteiger partial charge is 0.239 e. The van der Waals surface area contributed by atoms with Gasteiger partial charge in [-0.25, -0.2) is 4.39 Å². The van der Waals surface area contributed by atoms with Crippen LogP contribution in [0.1, 0.15) is 5.56 Å². The Morgan fingerprint density at radius 1 is 1.14 bits per heavy atom. The van der Waals surface area contributed by atoms with Gasteiger partial charge in [0, 0.05) is 6.54 Å². The number of hydrogen-bond acceptors (Lipinski definition) is 3. The van der Waals surface area contributed by atoms with Gasteiger partial charge in [0.1, 0.15) is 11.6 Å². The zero-order valence-electron chi connectivity index (χ0n) is 11.7. The lowest BCUT2D eigenvalue weighted by molar-refractivity contribution is -0.119. The van der Waals surface area contributed by atoms with Crippen molar-refractivity contribution in [3.8, 4) is 5.75 Å². The van der Waals surface area contributed by atoms with E-state index in [2.05, 4.69) is 10.6 Å². The minimum absolute atomic E-state index is 0.140. The summed E-state index contributed by atoms with van der Waals surface area (Å²) < 4.78 is 17.9. The molecule has 0 radical (unpaired) electrons. The second-order valence-corrected chi connectivity index (χ2v) is 4.46. The second kappa shape index (κ2) is 7.28. The van der Waals surface area contributed by atoms with Gasteiger partial charge in [-0.15, -0.1) is 0 Å². The monoisotopic (exact) mass is 288 g/mol. The minimum atomic E-state index is -0.289. The molecule has 2 aromatic carbocycles. The van der Waals surface area contributed by atoms with Crippen LogP contribution in [0.5, 0.6) is 5.75 Å². The number of methoxy groups -OCH3 is 1. The van der Waals surface area contributed by atoms with Crippen LogP contribution in [0.15, 0.2) is 48.5 Å². The van der Waals surface area contributed by atoms with E-state index in [1.807, 2.05) is 24.3 Å². The molecule has 0 bridgehead atoms. The Hall–Kier alpha value is -2.56. The van der Waals surface area contributed by atoms with Crippen LogP contribution in [0.2, 0.25) is 0 Å². The molecule has 0 aromatic heterocycles. The normalized spacial score (nSPS) is 10.0. The van der Waals surface area contributed by atoms with Crippen LogP contribution in [0.25, 0.3) is 0 Å². The van der Waals surface area contributed by atoms with E-state index in [9.17, 15) is 9.18 Å². The van der Waals surface area contributed by atoms with E-state index in [0.29, 0.717) is 12.3 Å². The molecule has 0 heterocycles. The van der Waals surface area contributed by atoms with E-state index >= 15 is 0 Å². The van der Waals surface area contributed by atoms with Crippen LogP contribution in [0.4, 0.5) is 10.1 Å². The number of para-hydroxylation sites is 2. The van der Waals surface area contributed by atoms with E-state index in [1.165, 1.54) is 12.1 Å². The molecule has 0 spiro atoms. The Morgan fingerprint density at radius 3 is 2.57 bits per heavy atom. The molecule has 1 amide bonds. The van der Waals surface area contributed by atoms with Gasteiger partial charge in [0.05, 0.1) is 19.3 Å². The third-order valence-electron chi connectivity index (χ3n) is 2.95. The van der Waals surface area contributed by atoms with Crippen LogP contribution < -0.4 is 15.4 Å². The van der Waals surface area contributed by atoms with Crippen LogP contribution >= 0.6 is 0 Å². The molecule has 5 heteroatoms. The summed E-state index contributed by atoms with van der Waals surface area (Å²) in [6, 6.07) is 13.4. The van der Waals surface area contributed by atoms with Crippen molar-refractivity contribution >= 4 is 11.6 Å². The van der Waals surface area contributed by atoms with E-state index < -0.39 is 0 Å². The van der Waals surface area contributed by atoms with Crippen LogP contribution in [-0.4, -0.2) is 19.6 Å². The average molecular weight is 288 g/mol. The Bertz CT molecular complexity index is 599. The first-order valence-corrected chi connectivity index (χ1v) is 6.57. The molecule has 21 heavy (non-hydrogen) atoms. The fourth-order valence-electron chi connectivity index (χ4n) is 1.83. The number of halogens is 1. The van der Waals surface area contributed by atoms with Crippen molar-refractivity contribution in [2.24, 2.45) is 0 Å². The van der Waals surface area contributed by atoms with E-state index in [0.717, 1.165) is 11.3 Å². The Morgan fingerprint density at radius 2 is 1.86 bits per heavy atom. The van der Waals surface area contributed by atoms with Gasteiger partial charge in [0.15, 0.2) is 0 Å². The molecule has 0 aliphatic carbocycles. The van der Waals surface area contributed by atoms with E-state index in [1.54, 1.807) is 19.2 Å². The number of rotatable bonds is 6. The molecule has 0 aliphatic rings. The summed E-state index contributed by atoms with van der Waals surface area (Å²) in [6.07, 6.45) is 0. The average Bonchev–Trinajstić information content (AvgIpc) is 2.52. The molecule has 2 aromatic rings. The third-order valence-corrected chi connectivity index (χ3v) is 2.95. The van der Waals surface area contributed by atoms with E-state index in [4.69, 9.17) is 4.74 Å². The summed E-state index contributed by atoms with van der Waals surface area (Å²) in [6.45, 7) is 0.508. The molecule has 110 valence electrons. The zero-order valence-corrected chi connectivity index (χ0v) is 11.7. The Kier molecular flexibility index (Phi) is 5.15. The summed E-state index contributed by atoms with van der Waals surface area (Å²) in [5.41, 5.74) is 1.61. The summed E-state index contributed by atoms with van der Waals surface area (Å²) in [4.78, 5) is 11.8. The molecular formula is C16H17FN2O2. The van der Waals surface area contributed by atoms with Gasteiger partial charge < -0.3 is 15.4 Å². The molecule has 2 rings (SSSR count). The first-order valence-electron chi connectivity index (χ1n) is 6.57. The topological polar surface area (TPSA) is 50.4 Å². The summed E-state index contributed by atoms with van der Waals surface area (Å²) >= 11 is 0. The first kappa shape index (κ1) is 14.8. The third kappa shape index (κ3) is 4.49. The van der Waals surface area contributed by atoms with Crippen LogP contribution in [0.3, 0.4) is 0 Å². The largest absolute Gasteiger partial charge is 0.495 e. The van der Waals surface area contributed by atoms with Crippen molar-refractivity contribution in [2.45, 2.75) is 6.54 Å². The fraction of sp³-hybridized carbons (Fsp3) is 0.188. The number of nitrogens with one attached hydrogen (secondary N) is 2. The highest BCUT2D eigenvalue weighted by molar-refractivity contribution is 5.81. The van der Waals surface area contributed by atoms with Crippen molar-refractivity contribution in [2.75, 3.05) is 19.0 Å². The Balaban J connectivity index is 1.81. The number of carbonyl (C=O) groups excluding carboxylic acids is 1. The second-order valence-electron chi connectivity index (χ2n) is 4.46. The zero-order chi connectivity index (χ0) is 15.1. The van der Waals surface area contributed by atoms with Gasteiger partial charge in [-0.05, 0) is 29.8 Å². The van der Waals surface area contributed by atoms with Gasteiger partial charge in [0.25, 0.3) is 0 Å². The molecule has 0 aliphatic heterocycles. The maximum atomic E-state index is 12.8. The van der Waals surface area contributed by atoms with Gasteiger partial charge >= 0.3 is 0 Å². The number of ether oxygens (including phenoxy) is 1. The lowest BCUT2D eigenvalue weighted by Gasteiger charge is -2.11. The maximum Gasteiger partial charge on any atom is 0.239 e. The lowest BCUT2D eigenvalue weighted by atomic mass is 10.2. The van der Waals surface area contributed by atoms with E-state index in [-0.39, 0.29) is 18.3 Å². The highest BCUT2D eigenvalue weighted by atomic mass is 19.1. The Labute approximate surface area is 122 Å². The number of hydrogen-bond donors (Lipinski definition) is 2. The highest BCUT2D eigenvalue weighted by Gasteiger charge is 2.04.